The highest BCUT2D eigenvalue weighted by Gasteiger charge is 2.28. The zero-order valence-electron chi connectivity index (χ0n) is 15.9. The SMILES string of the molecule is CC(=O)N1C=Cc2ccccc2C1CC(=O)Nc1nc(-c2ccc(F)c(F)c2)cs1. The number of halogens is 2. The van der Waals surface area contributed by atoms with Crippen LogP contribution in [0.4, 0.5) is 13.9 Å². The lowest BCUT2D eigenvalue weighted by atomic mass is 9.93. The van der Waals surface area contributed by atoms with E-state index in [1.165, 1.54) is 29.2 Å². The fourth-order valence-corrected chi connectivity index (χ4v) is 4.11. The molecule has 0 fully saturated rings. The van der Waals surface area contributed by atoms with Crippen LogP contribution < -0.4 is 5.32 Å². The number of benzene rings is 2. The summed E-state index contributed by atoms with van der Waals surface area (Å²) >= 11 is 1.18. The molecule has 1 atom stereocenters. The highest BCUT2D eigenvalue weighted by atomic mass is 32.1. The number of amides is 2. The topological polar surface area (TPSA) is 62.3 Å². The summed E-state index contributed by atoms with van der Waals surface area (Å²) in [5.74, 6) is -2.35. The fourth-order valence-electron chi connectivity index (χ4n) is 3.38. The molecule has 1 aromatic heterocycles. The van der Waals surface area contributed by atoms with Gasteiger partial charge < -0.3 is 10.2 Å². The number of nitrogens with one attached hydrogen (secondary N) is 1. The number of fused-ring (bicyclic) bond motifs is 1. The predicted octanol–water partition coefficient (Wildman–Crippen LogP) is 4.99. The Labute approximate surface area is 175 Å². The molecule has 1 N–H and O–H groups in total. The summed E-state index contributed by atoms with van der Waals surface area (Å²) in [6.45, 7) is 1.46. The number of carbonyl (C=O) groups excluding carboxylic acids is 2. The van der Waals surface area contributed by atoms with Gasteiger partial charge in [-0.2, -0.15) is 0 Å². The van der Waals surface area contributed by atoms with Crippen LogP contribution in [0.1, 0.15) is 30.5 Å². The number of thiazole rings is 1. The molecule has 8 heteroatoms. The smallest absolute Gasteiger partial charge is 0.228 e. The molecular weight excluding hydrogens is 408 g/mol. The number of aromatic nitrogens is 1. The summed E-state index contributed by atoms with van der Waals surface area (Å²) in [5.41, 5.74) is 2.71. The number of rotatable bonds is 4. The third kappa shape index (κ3) is 3.99. The van der Waals surface area contributed by atoms with Crippen LogP contribution >= 0.6 is 11.3 Å². The Hall–Kier alpha value is -3.39. The van der Waals surface area contributed by atoms with Gasteiger partial charge in [0.15, 0.2) is 16.8 Å². The van der Waals surface area contributed by atoms with E-state index >= 15 is 0 Å². The summed E-state index contributed by atoms with van der Waals surface area (Å²) in [4.78, 5) is 30.6. The average molecular weight is 425 g/mol. The summed E-state index contributed by atoms with van der Waals surface area (Å²) < 4.78 is 26.6. The van der Waals surface area contributed by atoms with Gasteiger partial charge in [-0.3, -0.25) is 9.59 Å². The maximum absolute atomic E-state index is 13.5. The van der Waals surface area contributed by atoms with Crippen molar-refractivity contribution in [2.24, 2.45) is 0 Å². The molecule has 2 heterocycles. The van der Waals surface area contributed by atoms with Crippen molar-refractivity contribution in [3.63, 3.8) is 0 Å². The maximum atomic E-state index is 13.5. The molecule has 5 nitrogen and oxygen atoms in total. The number of hydrogen-bond acceptors (Lipinski definition) is 4. The number of nitrogens with zero attached hydrogens (tertiary/aromatic N) is 2. The van der Waals surface area contributed by atoms with E-state index in [0.717, 1.165) is 23.3 Å². The molecule has 0 aliphatic carbocycles. The van der Waals surface area contributed by atoms with Gasteiger partial charge in [-0.1, -0.05) is 24.3 Å². The van der Waals surface area contributed by atoms with E-state index in [-0.39, 0.29) is 18.2 Å². The van der Waals surface area contributed by atoms with Gasteiger partial charge in [-0.05, 0) is 35.4 Å². The summed E-state index contributed by atoms with van der Waals surface area (Å²) in [5, 5.41) is 4.73. The van der Waals surface area contributed by atoms with Crippen LogP contribution in [0.2, 0.25) is 0 Å². The van der Waals surface area contributed by atoms with E-state index in [0.29, 0.717) is 16.4 Å². The maximum Gasteiger partial charge on any atom is 0.228 e. The summed E-state index contributed by atoms with van der Waals surface area (Å²) in [6, 6.07) is 10.7. The van der Waals surface area contributed by atoms with Gasteiger partial charge in [-0.25, -0.2) is 13.8 Å². The van der Waals surface area contributed by atoms with Crippen LogP contribution in [-0.4, -0.2) is 21.7 Å². The molecule has 30 heavy (non-hydrogen) atoms. The minimum Gasteiger partial charge on any atom is -0.311 e. The molecule has 0 radical (unpaired) electrons. The minimum absolute atomic E-state index is 0.0566. The first kappa shape index (κ1) is 19.9. The summed E-state index contributed by atoms with van der Waals surface area (Å²) in [7, 11) is 0. The molecule has 0 bridgehead atoms. The number of anilines is 1. The van der Waals surface area contributed by atoms with Crippen molar-refractivity contribution in [1.82, 2.24) is 9.88 Å². The van der Waals surface area contributed by atoms with E-state index in [1.807, 2.05) is 30.3 Å². The van der Waals surface area contributed by atoms with Gasteiger partial charge in [-0.15, -0.1) is 11.3 Å². The second-order valence-corrected chi connectivity index (χ2v) is 7.66. The minimum atomic E-state index is -0.959. The quantitative estimate of drug-likeness (QED) is 0.641. The Balaban J connectivity index is 1.50. The van der Waals surface area contributed by atoms with E-state index in [9.17, 15) is 18.4 Å². The molecule has 1 unspecified atom stereocenters. The average Bonchev–Trinajstić information content (AvgIpc) is 3.18. The first-order chi connectivity index (χ1) is 14.4. The van der Waals surface area contributed by atoms with Crippen molar-refractivity contribution in [3.05, 3.63) is 76.8 Å². The van der Waals surface area contributed by atoms with Crippen LogP contribution in [0, 0.1) is 11.6 Å². The fraction of sp³-hybridized carbons (Fsp3) is 0.136. The molecule has 2 aromatic carbocycles. The zero-order chi connectivity index (χ0) is 21.3. The van der Waals surface area contributed by atoms with Crippen molar-refractivity contribution in [2.45, 2.75) is 19.4 Å². The van der Waals surface area contributed by atoms with Crippen LogP contribution in [0.3, 0.4) is 0 Å². The van der Waals surface area contributed by atoms with Crippen molar-refractivity contribution in [3.8, 4) is 11.3 Å². The Morgan fingerprint density at radius 2 is 1.97 bits per heavy atom. The molecule has 0 saturated carbocycles. The highest BCUT2D eigenvalue weighted by Crippen LogP contribution is 2.33. The van der Waals surface area contributed by atoms with Gasteiger partial charge in [0.2, 0.25) is 11.8 Å². The molecule has 3 aromatic rings. The van der Waals surface area contributed by atoms with Gasteiger partial charge in [0.1, 0.15) is 0 Å². The molecule has 152 valence electrons. The molecule has 2 amide bonds. The van der Waals surface area contributed by atoms with Crippen LogP contribution in [0.5, 0.6) is 0 Å². The summed E-state index contributed by atoms with van der Waals surface area (Å²) in [6.07, 6.45) is 3.59. The molecule has 4 rings (SSSR count). The van der Waals surface area contributed by atoms with Crippen molar-refractivity contribution >= 4 is 34.4 Å². The lowest BCUT2D eigenvalue weighted by Gasteiger charge is -2.32. The lowest BCUT2D eigenvalue weighted by molar-refractivity contribution is -0.129. The monoisotopic (exact) mass is 425 g/mol. The van der Waals surface area contributed by atoms with Gasteiger partial charge in [0, 0.05) is 24.1 Å². The Bertz CT molecular complexity index is 1160. The standard InChI is InChI=1S/C22H17F2N3O2S/c1-13(28)27-9-8-14-4-2-3-5-16(14)20(27)11-21(29)26-22-25-19(12-30-22)15-6-7-17(23)18(24)10-15/h2-10,12,20H,11H2,1H3,(H,25,26,29). The molecule has 1 aliphatic heterocycles. The van der Waals surface area contributed by atoms with E-state index in [2.05, 4.69) is 10.3 Å². The first-order valence-corrected chi connectivity index (χ1v) is 10.1. The van der Waals surface area contributed by atoms with E-state index < -0.39 is 17.7 Å². The second kappa shape index (κ2) is 8.16. The normalized spacial score (nSPS) is 15.0. The van der Waals surface area contributed by atoms with Crippen molar-refractivity contribution < 1.29 is 18.4 Å². The van der Waals surface area contributed by atoms with Gasteiger partial charge >= 0.3 is 0 Å². The Morgan fingerprint density at radius 1 is 1.17 bits per heavy atom. The van der Waals surface area contributed by atoms with E-state index in [1.54, 1.807) is 11.6 Å². The van der Waals surface area contributed by atoms with Crippen LogP contribution in [0.25, 0.3) is 17.3 Å². The van der Waals surface area contributed by atoms with Crippen molar-refractivity contribution in [1.29, 1.82) is 0 Å². The first-order valence-electron chi connectivity index (χ1n) is 9.19. The van der Waals surface area contributed by atoms with Gasteiger partial charge in [0.05, 0.1) is 18.2 Å². The molecule has 0 spiro atoms. The lowest BCUT2D eigenvalue weighted by Crippen LogP contribution is -2.33. The zero-order valence-corrected chi connectivity index (χ0v) is 16.7. The highest BCUT2D eigenvalue weighted by molar-refractivity contribution is 7.14. The number of hydrogen-bond donors (Lipinski definition) is 1. The second-order valence-electron chi connectivity index (χ2n) is 6.81. The molecular formula is C22H17F2N3O2S. The Morgan fingerprint density at radius 3 is 2.73 bits per heavy atom. The van der Waals surface area contributed by atoms with Gasteiger partial charge in [0.25, 0.3) is 0 Å². The number of carbonyl (C=O) groups is 2. The molecule has 1 aliphatic rings. The van der Waals surface area contributed by atoms with Crippen LogP contribution in [-0.2, 0) is 9.59 Å². The van der Waals surface area contributed by atoms with Crippen LogP contribution in [0.15, 0.2) is 54.0 Å². The Kier molecular flexibility index (Phi) is 5.41. The predicted molar refractivity (Wildman–Crippen MR) is 111 cm³/mol. The van der Waals surface area contributed by atoms with Crippen molar-refractivity contribution in [2.75, 3.05) is 5.32 Å². The largest absolute Gasteiger partial charge is 0.311 e. The van der Waals surface area contributed by atoms with E-state index in [4.69, 9.17) is 0 Å². The third-order valence-corrected chi connectivity index (χ3v) is 5.57. The third-order valence-electron chi connectivity index (χ3n) is 4.81. The molecule has 0 saturated heterocycles.